The van der Waals surface area contributed by atoms with Gasteiger partial charge in [0.1, 0.15) is 0 Å². The zero-order chi connectivity index (χ0) is 18.5. The first-order chi connectivity index (χ1) is 12.5. The molecule has 2 aromatic rings. The predicted molar refractivity (Wildman–Crippen MR) is 105 cm³/mol. The quantitative estimate of drug-likeness (QED) is 0.801. The van der Waals surface area contributed by atoms with Crippen LogP contribution in [-0.2, 0) is 19.6 Å². The first kappa shape index (κ1) is 18.8. The summed E-state index contributed by atoms with van der Waals surface area (Å²) in [4.78, 5) is 11.7. The summed E-state index contributed by atoms with van der Waals surface area (Å²) in [6.45, 7) is 9.32. The molecule has 0 radical (unpaired) electrons. The van der Waals surface area contributed by atoms with Gasteiger partial charge in [-0.25, -0.2) is 9.97 Å². The fourth-order valence-corrected chi connectivity index (χ4v) is 3.49. The molecule has 2 N–H and O–H groups in total. The van der Waals surface area contributed by atoms with Gasteiger partial charge in [-0.1, -0.05) is 38.1 Å². The van der Waals surface area contributed by atoms with Gasteiger partial charge in [0, 0.05) is 37.1 Å². The van der Waals surface area contributed by atoms with E-state index in [0.717, 1.165) is 55.4 Å². The molecule has 0 amide bonds. The van der Waals surface area contributed by atoms with Crippen LogP contribution >= 0.6 is 0 Å². The fourth-order valence-electron chi connectivity index (χ4n) is 3.49. The largest absolute Gasteiger partial charge is 0.392 e. The van der Waals surface area contributed by atoms with Crippen molar-refractivity contribution in [3.8, 4) is 0 Å². The van der Waals surface area contributed by atoms with E-state index in [-0.39, 0.29) is 6.61 Å². The van der Waals surface area contributed by atoms with Crippen molar-refractivity contribution < 1.29 is 5.11 Å². The summed E-state index contributed by atoms with van der Waals surface area (Å²) in [5.41, 5.74) is 4.35. The second kappa shape index (κ2) is 8.60. The highest BCUT2D eigenvalue weighted by molar-refractivity contribution is 5.34. The van der Waals surface area contributed by atoms with Gasteiger partial charge in [0.2, 0.25) is 5.95 Å². The summed E-state index contributed by atoms with van der Waals surface area (Å²) in [5, 5.41) is 12.9. The average molecular weight is 354 g/mol. The second-order valence-corrected chi connectivity index (χ2v) is 7.69. The number of aliphatic hydroxyl groups excluding tert-OH is 1. The summed E-state index contributed by atoms with van der Waals surface area (Å²) in [6.07, 6.45) is 2.09. The van der Waals surface area contributed by atoms with Gasteiger partial charge < -0.3 is 15.3 Å². The minimum absolute atomic E-state index is 0.0917. The molecule has 1 aliphatic heterocycles. The van der Waals surface area contributed by atoms with Crippen molar-refractivity contribution in [1.82, 2.24) is 15.3 Å². The van der Waals surface area contributed by atoms with E-state index >= 15 is 0 Å². The maximum atomic E-state index is 9.26. The molecule has 140 valence electrons. The third-order valence-electron chi connectivity index (χ3n) is 4.75. The number of nitrogens with zero attached hydrogens (tertiary/aromatic N) is 3. The summed E-state index contributed by atoms with van der Waals surface area (Å²) in [7, 11) is 0. The number of rotatable bonds is 7. The van der Waals surface area contributed by atoms with Crippen LogP contribution in [0.15, 0.2) is 30.3 Å². The monoisotopic (exact) mass is 354 g/mol. The minimum Gasteiger partial charge on any atom is -0.392 e. The zero-order valence-electron chi connectivity index (χ0n) is 16.1. The molecule has 0 bridgehead atoms. The molecule has 1 fully saturated rings. The van der Waals surface area contributed by atoms with E-state index in [9.17, 15) is 5.11 Å². The molecule has 0 saturated carbocycles. The number of anilines is 1. The number of hydrogen-bond donors (Lipinski definition) is 2. The highest BCUT2D eigenvalue weighted by Crippen LogP contribution is 2.19. The number of hydrogen-bond acceptors (Lipinski definition) is 5. The van der Waals surface area contributed by atoms with Crippen molar-refractivity contribution in [3.05, 3.63) is 52.8 Å². The topological polar surface area (TPSA) is 61.3 Å². The lowest BCUT2D eigenvalue weighted by atomic mass is 10.1. The molecular formula is C21H30N4O. The first-order valence-electron chi connectivity index (χ1n) is 9.55. The molecule has 0 aliphatic carbocycles. The SMILES string of the molecule is Cc1cc(CC(C)C)nc(N2CCC(NCc3cccc(CO)c3)C2)n1. The third kappa shape index (κ3) is 5.02. The Morgan fingerprint density at radius 2 is 2.04 bits per heavy atom. The van der Waals surface area contributed by atoms with Crippen LogP contribution in [0, 0.1) is 12.8 Å². The fraction of sp³-hybridized carbons (Fsp3) is 0.524. The molecule has 0 spiro atoms. The Hall–Kier alpha value is -1.98. The van der Waals surface area contributed by atoms with E-state index in [2.05, 4.69) is 54.2 Å². The molecule has 1 saturated heterocycles. The number of nitrogens with one attached hydrogen (secondary N) is 1. The van der Waals surface area contributed by atoms with Crippen LogP contribution in [0.3, 0.4) is 0 Å². The number of aliphatic hydroxyl groups is 1. The number of aromatic nitrogens is 2. The Balaban J connectivity index is 1.59. The second-order valence-electron chi connectivity index (χ2n) is 7.69. The van der Waals surface area contributed by atoms with Gasteiger partial charge in [-0.3, -0.25) is 0 Å². The smallest absolute Gasteiger partial charge is 0.225 e. The van der Waals surface area contributed by atoms with Gasteiger partial charge >= 0.3 is 0 Å². The molecule has 5 heteroatoms. The molecule has 26 heavy (non-hydrogen) atoms. The van der Waals surface area contributed by atoms with Crippen LogP contribution < -0.4 is 10.2 Å². The van der Waals surface area contributed by atoms with Gasteiger partial charge in [-0.05, 0) is 42.9 Å². The molecule has 1 aromatic heterocycles. The van der Waals surface area contributed by atoms with Crippen molar-refractivity contribution in [3.63, 3.8) is 0 Å². The maximum Gasteiger partial charge on any atom is 0.225 e. The Labute approximate surface area is 156 Å². The Bertz CT molecular complexity index is 732. The Morgan fingerprint density at radius 1 is 1.23 bits per heavy atom. The van der Waals surface area contributed by atoms with E-state index in [1.54, 1.807) is 0 Å². The summed E-state index contributed by atoms with van der Waals surface area (Å²) in [6, 6.07) is 10.6. The van der Waals surface area contributed by atoms with Crippen molar-refractivity contribution in [2.24, 2.45) is 5.92 Å². The van der Waals surface area contributed by atoms with Gasteiger partial charge in [0.15, 0.2) is 0 Å². The third-order valence-corrected chi connectivity index (χ3v) is 4.75. The van der Waals surface area contributed by atoms with Gasteiger partial charge in [0.25, 0.3) is 0 Å². The van der Waals surface area contributed by atoms with Crippen LogP contribution in [0.4, 0.5) is 5.95 Å². The summed E-state index contributed by atoms with van der Waals surface area (Å²) >= 11 is 0. The van der Waals surface area contributed by atoms with Gasteiger partial charge in [-0.2, -0.15) is 0 Å². The average Bonchev–Trinajstić information content (AvgIpc) is 3.08. The molecule has 2 heterocycles. The van der Waals surface area contributed by atoms with Gasteiger partial charge in [0.05, 0.1) is 6.61 Å². The number of benzene rings is 1. The lowest BCUT2D eigenvalue weighted by Gasteiger charge is -2.19. The molecule has 1 aliphatic rings. The van der Waals surface area contributed by atoms with Crippen LogP contribution in [0.5, 0.6) is 0 Å². The predicted octanol–water partition coefficient (Wildman–Crippen LogP) is 2.84. The lowest BCUT2D eigenvalue weighted by Crippen LogP contribution is -2.32. The van der Waals surface area contributed by atoms with Crippen molar-refractivity contribution >= 4 is 5.95 Å². The van der Waals surface area contributed by atoms with E-state index in [0.29, 0.717) is 12.0 Å². The normalized spacial score (nSPS) is 17.3. The minimum atomic E-state index is 0.0917. The number of aryl methyl sites for hydroxylation is 1. The molecular weight excluding hydrogens is 324 g/mol. The Kier molecular flexibility index (Phi) is 6.22. The zero-order valence-corrected chi connectivity index (χ0v) is 16.1. The lowest BCUT2D eigenvalue weighted by molar-refractivity contribution is 0.281. The molecule has 3 rings (SSSR count). The molecule has 1 unspecified atom stereocenters. The summed E-state index contributed by atoms with van der Waals surface area (Å²) < 4.78 is 0. The van der Waals surface area contributed by atoms with Crippen LogP contribution in [-0.4, -0.2) is 34.2 Å². The van der Waals surface area contributed by atoms with E-state index < -0.39 is 0 Å². The van der Waals surface area contributed by atoms with Crippen molar-refractivity contribution in [2.45, 2.75) is 52.8 Å². The highest BCUT2D eigenvalue weighted by Gasteiger charge is 2.24. The molecule has 1 aromatic carbocycles. The first-order valence-corrected chi connectivity index (χ1v) is 9.55. The highest BCUT2D eigenvalue weighted by atomic mass is 16.3. The maximum absolute atomic E-state index is 9.26. The van der Waals surface area contributed by atoms with Crippen LogP contribution in [0.1, 0.15) is 42.8 Å². The summed E-state index contributed by atoms with van der Waals surface area (Å²) in [5.74, 6) is 1.46. The standard InChI is InChI=1S/C21H30N4O/c1-15(2)9-20-10-16(3)23-21(24-20)25-8-7-19(13-25)22-12-17-5-4-6-18(11-17)14-26/h4-6,10-11,15,19,22,26H,7-9,12-14H2,1-3H3. The van der Waals surface area contributed by atoms with Crippen LogP contribution in [0.25, 0.3) is 0 Å². The van der Waals surface area contributed by atoms with E-state index in [1.165, 1.54) is 5.56 Å². The van der Waals surface area contributed by atoms with E-state index in [1.807, 2.05) is 12.1 Å². The van der Waals surface area contributed by atoms with E-state index in [4.69, 9.17) is 4.98 Å². The molecule has 5 nitrogen and oxygen atoms in total. The molecule has 1 atom stereocenters. The van der Waals surface area contributed by atoms with Crippen LogP contribution in [0.2, 0.25) is 0 Å². The van der Waals surface area contributed by atoms with Gasteiger partial charge in [-0.15, -0.1) is 0 Å². The Morgan fingerprint density at radius 3 is 2.81 bits per heavy atom. The van der Waals surface area contributed by atoms with Crippen molar-refractivity contribution in [1.29, 1.82) is 0 Å². The van der Waals surface area contributed by atoms with Crippen molar-refractivity contribution in [2.75, 3.05) is 18.0 Å².